The summed E-state index contributed by atoms with van der Waals surface area (Å²) in [5.74, 6) is 1.78. The predicted molar refractivity (Wildman–Crippen MR) is 171 cm³/mol. The van der Waals surface area contributed by atoms with E-state index in [0.717, 1.165) is 24.0 Å². The lowest BCUT2D eigenvalue weighted by Crippen LogP contribution is -2.44. The van der Waals surface area contributed by atoms with Crippen LogP contribution in [0.2, 0.25) is 0 Å². The summed E-state index contributed by atoms with van der Waals surface area (Å²) in [6, 6.07) is 11.4. The minimum atomic E-state index is -0.954. The normalized spacial score (nSPS) is 13.4. The fraction of sp³-hybridized carbons (Fsp3) is 0.500. The molecule has 12 heteroatoms. The smallest absolute Gasteiger partial charge is 0.269 e. The second kappa shape index (κ2) is 16.7. The van der Waals surface area contributed by atoms with E-state index in [1.807, 2.05) is 18.2 Å². The van der Waals surface area contributed by atoms with E-state index in [-0.39, 0.29) is 35.4 Å². The number of nitrogens with two attached hydrogens (primary N) is 1. The molecular formula is C32H44N4O8. The SMILES string of the molecule is COCCCOc1cc(C[C@@H](C[C@H](N)[C@@H](O)CNc2c(NCCc3ccc([N+](=O)[O-])cc3)c(=O)c2=O)C(C)C)ccc1OC. The van der Waals surface area contributed by atoms with Gasteiger partial charge in [0.1, 0.15) is 11.4 Å². The van der Waals surface area contributed by atoms with Gasteiger partial charge in [-0.15, -0.1) is 0 Å². The molecule has 0 saturated carbocycles. The Morgan fingerprint density at radius 3 is 2.23 bits per heavy atom. The first-order chi connectivity index (χ1) is 21.0. The highest BCUT2D eigenvalue weighted by Gasteiger charge is 2.25. The Hall–Kier alpha value is -4.00. The Bertz CT molecular complexity index is 1420. The van der Waals surface area contributed by atoms with Crippen molar-refractivity contribution in [2.45, 2.75) is 51.7 Å². The summed E-state index contributed by atoms with van der Waals surface area (Å²) in [5.41, 5.74) is 7.35. The average Bonchev–Trinajstić information content (AvgIpc) is 3.01. The quantitative estimate of drug-likeness (QED) is 0.0638. The maximum atomic E-state index is 12.2. The zero-order chi connectivity index (χ0) is 32.2. The molecule has 0 amide bonds. The van der Waals surface area contributed by atoms with E-state index in [1.165, 1.54) is 12.1 Å². The fourth-order valence-electron chi connectivity index (χ4n) is 4.95. The average molecular weight is 613 g/mol. The molecule has 0 heterocycles. The molecule has 0 spiro atoms. The Balaban J connectivity index is 1.54. The van der Waals surface area contributed by atoms with Crippen molar-refractivity contribution in [1.82, 2.24) is 0 Å². The van der Waals surface area contributed by atoms with Crippen LogP contribution in [0.3, 0.4) is 0 Å². The third-order valence-electron chi connectivity index (χ3n) is 7.75. The van der Waals surface area contributed by atoms with Gasteiger partial charge in [-0.3, -0.25) is 19.7 Å². The molecule has 3 aromatic carbocycles. The number of benzene rings is 2. The van der Waals surface area contributed by atoms with Gasteiger partial charge in [-0.1, -0.05) is 32.0 Å². The van der Waals surface area contributed by atoms with Crippen molar-refractivity contribution in [3.05, 3.63) is 84.2 Å². The van der Waals surface area contributed by atoms with Crippen molar-refractivity contribution in [3.63, 3.8) is 0 Å². The van der Waals surface area contributed by atoms with Crippen LogP contribution in [0.15, 0.2) is 52.1 Å². The lowest BCUT2D eigenvalue weighted by Gasteiger charge is -2.28. The van der Waals surface area contributed by atoms with Crippen molar-refractivity contribution < 1.29 is 24.2 Å². The number of anilines is 2. The molecule has 44 heavy (non-hydrogen) atoms. The highest BCUT2D eigenvalue weighted by atomic mass is 16.6. The first kappa shape index (κ1) is 34.5. The fourth-order valence-corrected chi connectivity index (χ4v) is 4.95. The highest BCUT2D eigenvalue weighted by molar-refractivity contribution is 5.74. The van der Waals surface area contributed by atoms with Crippen LogP contribution < -0.4 is 36.7 Å². The number of methoxy groups -OCH3 is 2. The van der Waals surface area contributed by atoms with Crippen LogP contribution in [-0.2, 0) is 17.6 Å². The van der Waals surface area contributed by atoms with Crippen LogP contribution in [0.4, 0.5) is 17.1 Å². The van der Waals surface area contributed by atoms with Crippen molar-refractivity contribution in [3.8, 4) is 11.5 Å². The van der Waals surface area contributed by atoms with Crippen molar-refractivity contribution >= 4 is 17.1 Å². The molecule has 0 aliphatic carbocycles. The number of hydrogen-bond donors (Lipinski definition) is 4. The monoisotopic (exact) mass is 612 g/mol. The number of rotatable bonds is 20. The Morgan fingerprint density at radius 1 is 0.955 bits per heavy atom. The molecule has 0 unspecified atom stereocenters. The number of nitro groups is 1. The van der Waals surface area contributed by atoms with Gasteiger partial charge in [-0.05, 0) is 54.4 Å². The third-order valence-corrected chi connectivity index (χ3v) is 7.75. The van der Waals surface area contributed by atoms with Gasteiger partial charge in [0, 0.05) is 51.4 Å². The number of non-ortho nitro benzene ring substituents is 1. The standard InChI is InChI=1S/C32H44N4O8/c1-20(2)23(16-22-8-11-27(43-4)28(17-22)44-15-5-14-42-3)18-25(33)26(37)19-35-30-29(31(38)32(30)39)34-13-12-21-6-9-24(10-7-21)36(40)41/h6-11,17,20,23,25-26,34-35,37H,5,12-16,18-19,33H2,1-4H3/t23-,25-,26-/m0/s1. The summed E-state index contributed by atoms with van der Waals surface area (Å²) < 4.78 is 16.5. The summed E-state index contributed by atoms with van der Waals surface area (Å²) >= 11 is 0. The molecule has 0 bridgehead atoms. The van der Waals surface area contributed by atoms with Crippen LogP contribution >= 0.6 is 0 Å². The zero-order valence-electron chi connectivity index (χ0n) is 25.8. The highest BCUT2D eigenvalue weighted by Crippen LogP contribution is 2.31. The molecule has 0 radical (unpaired) electrons. The summed E-state index contributed by atoms with van der Waals surface area (Å²) in [4.78, 5) is 34.7. The predicted octanol–water partition coefficient (Wildman–Crippen LogP) is 3.27. The summed E-state index contributed by atoms with van der Waals surface area (Å²) in [7, 11) is 3.26. The molecule has 0 saturated heterocycles. The third kappa shape index (κ3) is 9.50. The lowest BCUT2D eigenvalue weighted by molar-refractivity contribution is -0.384. The van der Waals surface area contributed by atoms with Gasteiger partial charge < -0.3 is 35.7 Å². The Morgan fingerprint density at radius 2 is 1.61 bits per heavy atom. The topological polar surface area (TPSA) is 175 Å². The molecule has 5 N–H and O–H groups in total. The number of ether oxygens (including phenoxy) is 3. The first-order valence-corrected chi connectivity index (χ1v) is 14.8. The molecular weight excluding hydrogens is 568 g/mol. The number of nitrogens with zero attached hydrogens (tertiary/aromatic N) is 1. The van der Waals surface area contributed by atoms with E-state index in [2.05, 4.69) is 24.5 Å². The van der Waals surface area contributed by atoms with Gasteiger partial charge in [0.15, 0.2) is 11.5 Å². The van der Waals surface area contributed by atoms with Gasteiger partial charge in [0.25, 0.3) is 16.5 Å². The maximum Gasteiger partial charge on any atom is 0.269 e. The second-order valence-corrected chi connectivity index (χ2v) is 11.2. The van der Waals surface area contributed by atoms with Crippen LogP contribution in [-0.4, -0.2) is 62.7 Å². The maximum absolute atomic E-state index is 12.2. The van der Waals surface area contributed by atoms with E-state index in [0.29, 0.717) is 44.1 Å². The molecule has 0 aliphatic heterocycles. The van der Waals surface area contributed by atoms with Crippen molar-refractivity contribution in [1.29, 1.82) is 0 Å². The van der Waals surface area contributed by atoms with E-state index in [1.54, 1.807) is 26.4 Å². The second-order valence-electron chi connectivity index (χ2n) is 11.2. The minimum Gasteiger partial charge on any atom is -0.493 e. The molecule has 0 aliphatic rings. The molecule has 3 rings (SSSR count). The Kier molecular flexibility index (Phi) is 13.1. The number of nitrogens with one attached hydrogen (secondary N) is 2. The van der Waals surface area contributed by atoms with Gasteiger partial charge in [0.2, 0.25) is 0 Å². The van der Waals surface area contributed by atoms with Gasteiger partial charge in [0.05, 0.1) is 24.7 Å². The summed E-state index contributed by atoms with van der Waals surface area (Å²) in [5, 5.41) is 27.5. The number of aliphatic hydroxyl groups excluding tert-OH is 1. The van der Waals surface area contributed by atoms with E-state index < -0.39 is 27.9 Å². The largest absolute Gasteiger partial charge is 0.493 e. The van der Waals surface area contributed by atoms with Crippen LogP contribution in [0.25, 0.3) is 0 Å². The van der Waals surface area contributed by atoms with Crippen molar-refractivity contribution in [2.75, 3.05) is 51.2 Å². The number of aliphatic hydroxyl groups is 1. The zero-order valence-corrected chi connectivity index (χ0v) is 25.8. The molecule has 3 aromatic rings. The Labute approximate surface area is 257 Å². The van der Waals surface area contributed by atoms with Gasteiger partial charge in [-0.2, -0.15) is 0 Å². The number of nitro benzene ring substituents is 1. The minimum absolute atomic E-state index is 0.000961. The van der Waals surface area contributed by atoms with Crippen molar-refractivity contribution in [2.24, 2.45) is 17.6 Å². The molecule has 0 fully saturated rings. The van der Waals surface area contributed by atoms with Crippen LogP contribution in [0.5, 0.6) is 11.5 Å². The summed E-state index contributed by atoms with van der Waals surface area (Å²) in [6.07, 6.45) is 1.57. The lowest BCUT2D eigenvalue weighted by atomic mass is 9.83. The molecule has 0 aromatic heterocycles. The number of hydrogen-bond acceptors (Lipinski definition) is 11. The van der Waals surface area contributed by atoms with Crippen LogP contribution in [0, 0.1) is 22.0 Å². The molecule has 12 nitrogen and oxygen atoms in total. The van der Waals surface area contributed by atoms with E-state index in [4.69, 9.17) is 19.9 Å². The van der Waals surface area contributed by atoms with E-state index >= 15 is 0 Å². The molecule has 3 atom stereocenters. The first-order valence-electron chi connectivity index (χ1n) is 14.8. The molecule has 240 valence electrons. The summed E-state index contributed by atoms with van der Waals surface area (Å²) in [6.45, 7) is 5.71. The van der Waals surface area contributed by atoms with Gasteiger partial charge in [-0.25, -0.2) is 0 Å². The van der Waals surface area contributed by atoms with Gasteiger partial charge >= 0.3 is 0 Å². The van der Waals surface area contributed by atoms with Crippen LogP contribution in [0.1, 0.15) is 37.8 Å². The van der Waals surface area contributed by atoms with E-state index in [9.17, 15) is 24.8 Å².